The Kier molecular flexibility index (Phi) is 7.61. The van der Waals surface area contributed by atoms with Gasteiger partial charge in [-0.1, -0.05) is 36.4 Å². The molecule has 0 unspecified atom stereocenters. The monoisotopic (exact) mass is 457 g/mol. The summed E-state index contributed by atoms with van der Waals surface area (Å²) in [6.45, 7) is 2.97. The fourth-order valence-corrected chi connectivity index (χ4v) is 4.89. The summed E-state index contributed by atoms with van der Waals surface area (Å²) < 4.78 is 10.9. The Labute approximate surface area is 193 Å². The van der Waals surface area contributed by atoms with Crippen LogP contribution < -0.4 is 5.48 Å². The van der Waals surface area contributed by atoms with Crippen LogP contribution in [0.25, 0.3) is 5.57 Å². The van der Waals surface area contributed by atoms with Gasteiger partial charge in [0, 0.05) is 26.2 Å². The molecule has 1 saturated heterocycles. The summed E-state index contributed by atoms with van der Waals surface area (Å²) >= 11 is 0. The molecule has 0 bridgehead atoms. The van der Waals surface area contributed by atoms with E-state index in [2.05, 4.69) is 18.2 Å². The average Bonchev–Trinajstić information content (AvgIpc) is 2.89. The number of carbonyl (C=O) groups excluding carboxylic acids is 3. The molecule has 1 aromatic carbocycles. The van der Waals surface area contributed by atoms with E-state index in [0.29, 0.717) is 52.2 Å². The first-order chi connectivity index (χ1) is 16.1. The largest absolute Gasteiger partial charge is 0.446 e. The second-order valence-electron chi connectivity index (χ2n) is 8.74. The SMILES string of the molecule is O=C(NO)[C@H]1C[C@H](OC(=O)N2CCOCC2)CC[C@@H]1C(=O)N1CC=C(c2ccccc2)CC1. The normalized spacial score (nSPS) is 25.7. The summed E-state index contributed by atoms with van der Waals surface area (Å²) in [5.41, 5.74) is 4.07. The van der Waals surface area contributed by atoms with Gasteiger partial charge in [0.2, 0.25) is 11.8 Å². The number of rotatable bonds is 4. The van der Waals surface area contributed by atoms with Crippen LogP contribution in [0.15, 0.2) is 36.4 Å². The van der Waals surface area contributed by atoms with Crippen molar-refractivity contribution in [3.63, 3.8) is 0 Å². The maximum absolute atomic E-state index is 13.3. The minimum Gasteiger partial charge on any atom is -0.446 e. The predicted octanol–water partition coefficient (Wildman–Crippen LogP) is 2.06. The maximum Gasteiger partial charge on any atom is 0.410 e. The highest BCUT2D eigenvalue weighted by atomic mass is 16.6. The number of ether oxygens (including phenoxy) is 2. The standard InChI is InChI=1S/C24H31N3O6/c28-22(25-31)21-16-19(33-24(30)27-12-14-32-15-13-27)6-7-20(21)23(29)26-10-8-18(9-11-26)17-4-2-1-3-5-17/h1-5,8,19-21,31H,6-7,9-16H2,(H,25,28)/t19-,20+,21+/m1/s1. The molecular weight excluding hydrogens is 426 g/mol. The van der Waals surface area contributed by atoms with Crippen molar-refractivity contribution in [1.29, 1.82) is 0 Å². The lowest BCUT2D eigenvalue weighted by atomic mass is 9.76. The van der Waals surface area contributed by atoms with E-state index in [1.807, 2.05) is 18.2 Å². The lowest BCUT2D eigenvalue weighted by molar-refractivity contribution is -0.149. The van der Waals surface area contributed by atoms with Gasteiger partial charge in [-0.2, -0.15) is 0 Å². The fourth-order valence-electron chi connectivity index (χ4n) is 4.89. The van der Waals surface area contributed by atoms with Crippen molar-refractivity contribution in [1.82, 2.24) is 15.3 Å². The zero-order valence-electron chi connectivity index (χ0n) is 18.7. The Morgan fingerprint density at radius 2 is 1.76 bits per heavy atom. The highest BCUT2D eigenvalue weighted by Crippen LogP contribution is 2.35. The molecule has 178 valence electrons. The summed E-state index contributed by atoms with van der Waals surface area (Å²) in [5.74, 6) is -2.01. The number of benzene rings is 1. The van der Waals surface area contributed by atoms with Crippen LogP contribution in [0, 0.1) is 11.8 Å². The number of nitrogens with zero attached hydrogens (tertiary/aromatic N) is 2. The van der Waals surface area contributed by atoms with E-state index in [4.69, 9.17) is 9.47 Å². The molecular formula is C24H31N3O6. The van der Waals surface area contributed by atoms with E-state index in [-0.39, 0.29) is 12.3 Å². The molecule has 2 heterocycles. The van der Waals surface area contributed by atoms with Gasteiger partial charge in [0.1, 0.15) is 6.10 Å². The predicted molar refractivity (Wildman–Crippen MR) is 119 cm³/mol. The molecule has 3 amide bonds. The van der Waals surface area contributed by atoms with Crippen LogP contribution in [0.5, 0.6) is 0 Å². The van der Waals surface area contributed by atoms with Crippen LogP contribution in [0.3, 0.4) is 0 Å². The third kappa shape index (κ3) is 5.54. The average molecular weight is 458 g/mol. The quantitative estimate of drug-likeness (QED) is 0.529. The van der Waals surface area contributed by atoms with E-state index >= 15 is 0 Å². The Hall–Kier alpha value is -2.91. The molecule has 1 saturated carbocycles. The van der Waals surface area contributed by atoms with E-state index in [1.54, 1.807) is 15.3 Å². The van der Waals surface area contributed by atoms with Crippen molar-refractivity contribution in [3.05, 3.63) is 42.0 Å². The van der Waals surface area contributed by atoms with Gasteiger partial charge in [0.25, 0.3) is 0 Å². The van der Waals surface area contributed by atoms with Gasteiger partial charge in [-0.3, -0.25) is 14.8 Å². The maximum atomic E-state index is 13.3. The molecule has 9 nitrogen and oxygen atoms in total. The molecule has 2 fully saturated rings. The van der Waals surface area contributed by atoms with Gasteiger partial charge in [-0.05, 0) is 36.8 Å². The van der Waals surface area contributed by atoms with Crippen LogP contribution in [-0.2, 0) is 19.1 Å². The Morgan fingerprint density at radius 3 is 2.42 bits per heavy atom. The summed E-state index contributed by atoms with van der Waals surface area (Å²) in [4.78, 5) is 41.5. The Bertz CT molecular complexity index is 883. The number of hydrogen-bond acceptors (Lipinski definition) is 6. The molecule has 4 rings (SSSR count). The summed E-state index contributed by atoms with van der Waals surface area (Å²) in [6, 6.07) is 10.1. The van der Waals surface area contributed by atoms with Crippen LogP contribution >= 0.6 is 0 Å². The molecule has 3 atom stereocenters. The van der Waals surface area contributed by atoms with Gasteiger partial charge in [0.15, 0.2) is 0 Å². The lowest BCUT2D eigenvalue weighted by Gasteiger charge is -2.38. The number of hydroxylamine groups is 1. The Morgan fingerprint density at radius 1 is 1.00 bits per heavy atom. The molecule has 2 aliphatic heterocycles. The first kappa shape index (κ1) is 23.3. The molecule has 1 aliphatic carbocycles. The van der Waals surface area contributed by atoms with Gasteiger partial charge in [0.05, 0.1) is 25.0 Å². The molecule has 33 heavy (non-hydrogen) atoms. The smallest absolute Gasteiger partial charge is 0.410 e. The van der Waals surface area contributed by atoms with Gasteiger partial charge < -0.3 is 19.3 Å². The second-order valence-corrected chi connectivity index (χ2v) is 8.74. The van der Waals surface area contributed by atoms with Crippen molar-refractivity contribution in [2.45, 2.75) is 31.8 Å². The van der Waals surface area contributed by atoms with Crippen molar-refractivity contribution in [2.24, 2.45) is 11.8 Å². The molecule has 3 aliphatic rings. The van der Waals surface area contributed by atoms with Crippen LogP contribution in [0.4, 0.5) is 4.79 Å². The van der Waals surface area contributed by atoms with E-state index in [1.165, 1.54) is 5.57 Å². The topological polar surface area (TPSA) is 108 Å². The fraction of sp³-hybridized carbons (Fsp3) is 0.542. The third-order valence-electron chi connectivity index (χ3n) is 6.77. The molecule has 2 N–H and O–H groups in total. The van der Waals surface area contributed by atoms with Gasteiger partial charge >= 0.3 is 6.09 Å². The third-order valence-corrected chi connectivity index (χ3v) is 6.77. The van der Waals surface area contributed by atoms with E-state index < -0.39 is 29.9 Å². The number of amides is 3. The lowest BCUT2D eigenvalue weighted by Crippen LogP contribution is -2.49. The van der Waals surface area contributed by atoms with Crippen LogP contribution in [0.2, 0.25) is 0 Å². The number of hydrogen-bond donors (Lipinski definition) is 2. The van der Waals surface area contributed by atoms with Crippen molar-refractivity contribution >= 4 is 23.5 Å². The first-order valence-electron chi connectivity index (χ1n) is 11.6. The summed E-state index contributed by atoms with van der Waals surface area (Å²) in [6.07, 6.45) is 3.04. The molecule has 0 radical (unpaired) electrons. The highest BCUT2D eigenvalue weighted by Gasteiger charge is 2.42. The number of nitrogens with one attached hydrogen (secondary N) is 1. The molecule has 0 aromatic heterocycles. The van der Waals surface area contributed by atoms with Gasteiger partial charge in [-0.15, -0.1) is 0 Å². The zero-order chi connectivity index (χ0) is 23.2. The molecule has 0 spiro atoms. The van der Waals surface area contributed by atoms with Crippen molar-refractivity contribution in [2.75, 3.05) is 39.4 Å². The summed E-state index contributed by atoms with van der Waals surface area (Å²) in [5, 5.41) is 9.27. The zero-order valence-corrected chi connectivity index (χ0v) is 18.7. The Balaban J connectivity index is 1.38. The van der Waals surface area contributed by atoms with E-state index in [0.717, 1.165) is 12.0 Å². The number of morpholine rings is 1. The van der Waals surface area contributed by atoms with Crippen LogP contribution in [-0.4, -0.2) is 78.4 Å². The van der Waals surface area contributed by atoms with Crippen LogP contribution in [0.1, 0.15) is 31.2 Å². The molecule has 1 aromatic rings. The highest BCUT2D eigenvalue weighted by molar-refractivity contribution is 5.88. The number of carbonyl (C=O) groups is 3. The van der Waals surface area contributed by atoms with Crippen molar-refractivity contribution < 1.29 is 29.1 Å². The minimum atomic E-state index is -0.752. The van der Waals surface area contributed by atoms with E-state index in [9.17, 15) is 19.6 Å². The minimum absolute atomic E-state index is 0.0927. The van der Waals surface area contributed by atoms with Crippen molar-refractivity contribution in [3.8, 4) is 0 Å². The summed E-state index contributed by atoms with van der Waals surface area (Å²) in [7, 11) is 0. The van der Waals surface area contributed by atoms with Gasteiger partial charge in [-0.25, -0.2) is 10.3 Å². The second kappa shape index (κ2) is 10.8. The molecule has 9 heteroatoms. The first-order valence-corrected chi connectivity index (χ1v) is 11.6.